The van der Waals surface area contributed by atoms with Crippen LogP contribution in [0.25, 0.3) is 11.5 Å². The van der Waals surface area contributed by atoms with Gasteiger partial charge in [0, 0.05) is 25.9 Å². The van der Waals surface area contributed by atoms with Crippen molar-refractivity contribution in [3.8, 4) is 11.5 Å². The molecule has 0 saturated heterocycles. The zero-order valence-electron chi connectivity index (χ0n) is 14.9. The number of aromatic nitrogens is 4. The number of oxazole rings is 1. The predicted molar refractivity (Wildman–Crippen MR) is 97.3 cm³/mol. The van der Waals surface area contributed by atoms with E-state index in [0.717, 1.165) is 10.9 Å². The van der Waals surface area contributed by atoms with Crippen molar-refractivity contribution >= 4 is 29.4 Å². The summed E-state index contributed by atoms with van der Waals surface area (Å²) in [7, 11) is 3.02. The normalized spacial score (nSPS) is 10.5. The lowest BCUT2D eigenvalue weighted by atomic mass is 10.2. The molecule has 0 atom stereocenters. The number of rotatable bonds is 4. The number of hydrogen-bond acceptors (Lipinski definition) is 8. The monoisotopic (exact) mass is 384 g/mol. The van der Waals surface area contributed by atoms with Gasteiger partial charge in [-0.25, -0.2) is 14.8 Å². The number of nitrogens with zero attached hydrogens (tertiary/aromatic N) is 5. The Morgan fingerprint density at radius 3 is 2.68 bits per heavy atom. The Kier molecular flexibility index (Phi) is 4.76. The molecule has 3 aromatic heterocycles. The van der Waals surface area contributed by atoms with Gasteiger partial charge in [-0.1, -0.05) is 0 Å². The highest BCUT2D eigenvalue weighted by atomic mass is 16.3. The van der Waals surface area contributed by atoms with Crippen molar-refractivity contribution in [3.63, 3.8) is 0 Å². The third-order valence-electron chi connectivity index (χ3n) is 3.54. The summed E-state index contributed by atoms with van der Waals surface area (Å²) in [5, 5.41) is 6.26. The lowest BCUT2D eigenvalue weighted by molar-refractivity contribution is 0.0996. The number of pyridine rings is 1. The van der Waals surface area contributed by atoms with Crippen molar-refractivity contribution in [2.45, 2.75) is 0 Å². The molecule has 28 heavy (non-hydrogen) atoms. The van der Waals surface area contributed by atoms with Crippen LogP contribution in [0.2, 0.25) is 0 Å². The Morgan fingerprint density at radius 1 is 1.29 bits per heavy atom. The molecule has 0 saturated carbocycles. The van der Waals surface area contributed by atoms with Crippen LogP contribution in [0.3, 0.4) is 0 Å². The quantitative estimate of drug-likeness (QED) is 0.579. The Morgan fingerprint density at radius 2 is 2.04 bits per heavy atom. The number of nitrogens with two attached hydrogens (primary N) is 2. The molecule has 0 aliphatic carbocycles. The maximum atomic E-state index is 12.5. The summed E-state index contributed by atoms with van der Waals surface area (Å²) in [4.78, 5) is 45.2. The number of primary amides is 1. The van der Waals surface area contributed by atoms with Gasteiger partial charge in [-0.2, -0.15) is 9.78 Å². The number of carbonyl (C=O) groups is 3. The lowest BCUT2D eigenvalue weighted by Gasteiger charge is -2.08. The number of nitrogens with one attached hydrogen (secondary N) is 1. The highest BCUT2D eigenvalue weighted by Gasteiger charge is 2.22. The van der Waals surface area contributed by atoms with Crippen LogP contribution in [0.15, 0.2) is 35.2 Å². The molecule has 0 radical (unpaired) electrons. The molecule has 5 N–H and O–H groups in total. The largest absolute Gasteiger partial charge is 0.444 e. The molecule has 0 unspecified atom stereocenters. The van der Waals surface area contributed by atoms with Crippen molar-refractivity contribution in [2.24, 2.45) is 5.73 Å². The summed E-state index contributed by atoms with van der Waals surface area (Å²) in [6.07, 6.45) is 3.80. The van der Waals surface area contributed by atoms with Gasteiger partial charge in [0.1, 0.15) is 12.1 Å². The third kappa shape index (κ3) is 3.65. The summed E-state index contributed by atoms with van der Waals surface area (Å²) in [5.41, 5.74) is 11.1. The van der Waals surface area contributed by atoms with Crippen LogP contribution in [0.4, 0.5) is 16.3 Å². The summed E-state index contributed by atoms with van der Waals surface area (Å²) < 4.78 is 6.18. The number of carbonyl (C=O) groups excluding carboxylic acids is 3. The van der Waals surface area contributed by atoms with E-state index in [4.69, 9.17) is 15.9 Å². The summed E-state index contributed by atoms with van der Waals surface area (Å²) in [6.45, 7) is 0. The molecule has 0 aromatic carbocycles. The molecule has 3 aromatic rings. The topological polar surface area (TPSA) is 175 Å². The Labute approximate surface area is 158 Å². The molecule has 144 valence electrons. The zero-order chi connectivity index (χ0) is 20.4. The van der Waals surface area contributed by atoms with Gasteiger partial charge in [0.2, 0.25) is 5.89 Å². The van der Waals surface area contributed by atoms with Gasteiger partial charge in [0.05, 0.1) is 11.9 Å². The van der Waals surface area contributed by atoms with Crippen LogP contribution in [-0.4, -0.2) is 56.6 Å². The molecule has 3 heterocycles. The average Bonchev–Trinajstić information content (AvgIpc) is 3.28. The van der Waals surface area contributed by atoms with Crippen molar-refractivity contribution in [3.05, 3.63) is 42.2 Å². The summed E-state index contributed by atoms with van der Waals surface area (Å²) in [6, 6.07) is 2.63. The van der Waals surface area contributed by atoms with Crippen LogP contribution in [0.5, 0.6) is 0 Å². The van der Waals surface area contributed by atoms with E-state index < -0.39 is 17.8 Å². The Bertz CT molecular complexity index is 1070. The molecule has 0 aliphatic rings. The van der Waals surface area contributed by atoms with E-state index in [1.165, 1.54) is 37.5 Å². The van der Waals surface area contributed by atoms with Crippen LogP contribution in [0.1, 0.15) is 21.0 Å². The van der Waals surface area contributed by atoms with E-state index in [1.54, 1.807) is 6.07 Å². The minimum Gasteiger partial charge on any atom is -0.444 e. The molecule has 0 spiro atoms. The number of anilines is 2. The van der Waals surface area contributed by atoms with Crippen LogP contribution in [-0.2, 0) is 0 Å². The van der Waals surface area contributed by atoms with Crippen molar-refractivity contribution < 1.29 is 18.8 Å². The second-order valence-electron chi connectivity index (χ2n) is 5.84. The molecule has 0 bridgehead atoms. The minimum atomic E-state index is -0.909. The van der Waals surface area contributed by atoms with Crippen molar-refractivity contribution in [1.82, 2.24) is 24.6 Å². The second kappa shape index (κ2) is 7.19. The number of nitrogen functional groups attached to an aromatic ring is 1. The van der Waals surface area contributed by atoms with Crippen molar-refractivity contribution in [2.75, 3.05) is 25.1 Å². The van der Waals surface area contributed by atoms with E-state index in [2.05, 4.69) is 20.4 Å². The second-order valence-corrected chi connectivity index (χ2v) is 5.84. The maximum Gasteiger partial charge on any atom is 0.344 e. The summed E-state index contributed by atoms with van der Waals surface area (Å²) >= 11 is 0. The summed E-state index contributed by atoms with van der Waals surface area (Å²) in [5.74, 6) is -1.16. The molecule has 12 heteroatoms. The predicted octanol–water partition coefficient (Wildman–Crippen LogP) is 0.396. The zero-order valence-corrected chi connectivity index (χ0v) is 14.9. The first-order valence-corrected chi connectivity index (χ1v) is 7.86. The Hall–Kier alpha value is -4.22. The first-order chi connectivity index (χ1) is 13.3. The first kappa shape index (κ1) is 18.6. The standard InChI is InChI=1S/C16H16N8O4/c1-23(2)16(27)24-6-9(12(22-24)13(18)25)20-14(26)10-7-28-15(21-10)8-3-4-19-11(17)5-8/h3-7H,1-2H3,(H2,17,19)(H2,18,25)(H,20,26). The van der Waals surface area contributed by atoms with Gasteiger partial charge in [-0.05, 0) is 12.1 Å². The van der Waals surface area contributed by atoms with Gasteiger partial charge in [-0.15, -0.1) is 0 Å². The van der Waals surface area contributed by atoms with E-state index in [9.17, 15) is 14.4 Å². The highest BCUT2D eigenvalue weighted by molar-refractivity contribution is 6.07. The fourth-order valence-electron chi connectivity index (χ4n) is 2.23. The van der Waals surface area contributed by atoms with Gasteiger partial charge in [-0.3, -0.25) is 9.59 Å². The SMILES string of the molecule is CN(C)C(=O)n1cc(NC(=O)c2coc(-c3ccnc(N)c3)n2)c(C(N)=O)n1. The van der Waals surface area contributed by atoms with Gasteiger partial charge in [0.15, 0.2) is 11.4 Å². The van der Waals surface area contributed by atoms with E-state index in [0.29, 0.717) is 5.56 Å². The molecule has 0 aliphatic heterocycles. The van der Waals surface area contributed by atoms with Gasteiger partial charge in [0.25, 0.3) is 11.8 Å². The molecule has 12 nitrogen and oxygen atoms in total. The average molecular weight is 384 g/mol. The van der Waals surface area contributed by atoms with E-state index >= 15 is 0 Å². The Balaban J connectivity index is 1.85. The smallest absolute Gasteiger partial charge is 0.344 e. The molecular formula is C16H16N8O4. The van der Waals surface area contributed by atoms with Gasteiger partial charge >= 0.3 is 6.03 Å². The number of amides is 3. The van der Waals surface area contributed by atoms with E-state index in [1.807, 2.05) is 0 Å². The van der Waals surface area contributed by atoms with Crippen molar-refractivity contribution in [1.29, 1.82) is 0 Å². The molecule has 3 rings (SSSR count). The maximum absolute atomic E-state index is 12.5. The fourth-order valence-corrected chi connectivity index (χ4v) is 2.23. The lowest BCUT2D eigenvalue weighted by Crippen LogP contribution is -2.28. The third-order valence-corrected chi connectivity index (χ3v) is 3.54. The van der Waals surface area contributed by atoms with E-state index in [-0.39, 0.29) is 28.8 Å². The molecule has 3 amide bonds. The van der Waals surface area contributed by atoms with Crippen LogP contribution >= 0.6 is 0 Å². The highest BCUT2D eigenvalue weighted by Crippen LogP contribution is 2.21. The first-order valence-electron chi connectivity index (χ1n) is 7.86. The minimum absolute atomic E-state index is 0.0367. The number of hydrogen-bond donors (Lipinski definition) is 3. The van der Waals surface area contributed by atoms with Crippen LogP contribution < -0.4 is 16.8 Å². The van der Waals surface area contributed by atoms with Gasteiger partial charge < -0.3 is 26.1 Å². The molecular weight excluding hydrogens is 368 g/mol. The fraction of sp³-hybridized carbons (Fsp3) is 0.125. The van der Waals surface area contributed by atoms with Crippen LogP contribution in [0, 0.1) is 0 Å². The molecule has 0 fully saturated rings.